The van der Waals surface area contributed by atoms with Gasteiger partial charge in [0, 0.05) is 6.08 Å². The largest absolute Gasteiger partial charge is 0.486 e. The number of carbonyl (C=O) groups is 1. The van der Waals surface area contributed by atoms with Crippen molar-refractivity contribution >= 4 is 5.97 Å². The fraction of sp³-hybridized carbons (Fsp3) is 0.308. The van der Waals surface area contributed by atoms with E-state index >= 15 is 0 Å². The van der Waals surface area contributed by atoms with Crippen LogP contribution in [0.2, 0.25) is 0 Å². The summed E-state index contributed by atoms with van der Waals surface area (Å²) in [6.45, 7) is 3.84. The number of hydrogen-bond acceptors (Lipinski definition) is 3. The van der Waals surface area contributed by atoms with Crippen LogP contribution >= 0.6 is 0 Å². The summed E-state index contributed by atoms with van der Waals surface area (Å²) in [5, 5.41) is 0. The third-order valence-electron chi connectivity index (χ3n) is 2.03. The third-order valence-corrected chi connectivity index (χ3v) is 2.03. The quantitative estimate of drug-likeness (QED) is 0.584. The zero-order chi connectivity index (χ0) is 12.7. The highest BCUT2D eigenvalue weighted by atomic mass is 19.1. The van der Waals surface area contributed by atoms with Crippen LogP contribution in [0.4, 0.5) is 4.39 Å². The van der Waals surface area contributed by atoms with E-state index in [0.717, 1.165) is 0 Å². The van der Waals surface area contributed by atoms with E-state index in [1.54, 1.807) is 32.0 Å². The predicted molar refractivity (Wildman–Crippen MR) is 62.4 cm³/mol. The molecule has 0 fully saturated rings. The predicted octanol–water partition coefficient (Wildman–Crippen LogP) is 2.63. The van der Waals surface area contributed by atoms with E-state index in [1.807, 2.05) is 0 Å². The molecule has 0 amide bonds. The van der Waals surface area contributed by atoms with E-state index in [9.17, 15) is 9.18 Å². The molecule has 92 valence electrons. The number of halogens is 1. The first-order valence-electron chi connectivity index (χ1n) is 5.36. The Kier molecular flexibility index (Phi) is 5.20. The van der Waals surface area contributed by atoms with Gasteiger partial charge in [-0.3, -0.25) is 0 Å². The second-order valence-electron chi connectivity index (χ2n) is 3.35. The molecule has 0 saturated heterocycles. The molecule has 0 atom stereocenters. The maximum absolute atomic E-state index is 13.5. The number of rotatable bonds is 5. The summed E-state index contributed by atoms with van der Waals surface area (Å²) in [5.74, 6) is -0.628. The number of ether oxygens (including phenoxy) is 2. The molecule has 0 radical (unpaired) electrons. The van der Waals surface area contributed by atoms with Gasteiger partial charge in [0.1, 0.15) is 6.61 Å². The van der Waals surface area contributed by atoms with E-state index in [4.69, 9.17) is 4.74 Å². The van der Waals surface area contributed by atoms with Crippen molar-refractivity contribution < 1.29 is 18.7 Å². The summed E-state index contributed by atoms with van der Waals surface area (Å²) in [7, 11) is 0. The molecule has 3 nitrogen and oxygen atoms in total. The Morgan fingerprint density at radius 1 is 1.47 bits per heavy atom. The molecule has 1 rings (SSSR count). The molecule has 0 bridgehead atoms. The minimum Gasteiger partial charge on any atom is -0.486 e. The lowest BCUT2D eigenvalue weighted by atomic mass is 10.2. The van der Waals surface area contributed by atoms with E-state index in [-0.39, 0.29) is 18.2 Å². The smallest absolute Gasteiger partial charge is 0.330 e. The molecule has 0 N–H and O–H groups in total. The standard InChI is InChI=1S/C13H15FO3/c1-3-16-12(15)8-5-9-17-11-7-4-6-10(2)13(11)14/h4-8H,3,9H2,1-2H3/b8-5+. The van der Waals surface area contributed by atoms with E-state index in [2.05, 4.69) is 4.74 Å². The topological polar surface area (TPSA) is 35.5 Å². The van der Waals surface area contributed by atoms with Gasteiger partial charge in [-0.1, -0.05) is 12.1 Å². The summed E-state index contributed by atoms with van der Waals surface area (Å²) in [6, 6.07) is 4.92. The van der Waals surface area contributed by atoms with Crippen LogP contribution in [0.1, 0.15) is 12.5 Å². The Hall–Kier alpha value is -1.84. The van der Waals surface area contributed by atoms with Gasteiger partial charge in [0.2, 0.25) is 0 Å². The minimum absolute atomic E-state index is 0.124. The molecule has 0 unspecified atom stereocenters. The van der Waals surface area contributed by atoms with Crippen LogP contribution in [-0.4, -0.2) is 19.2 Å². The number of esters is 1. The van der Waals surface area contributed by atoms with Gasteiger partial charge < -0.3 is 9.47 Å². The van der Waals surface area contributed by atoms with E-state index in [0.29, 0.717) is 12.2 Å². The van der Waals surface area contributed by atoms with Crippen molar-refractivity contribution in [2.24, 2.45) is 0 Å². The van der Waals surface area contributed by atoms with Crippen molar-refractivity contribution in [1.29, 1.82) is 0 Å². The fourth-order valence-corrected chi connectivity index (χ4v) is 1.20. The molecule has 0 aliphatic carbocycles. The summed E-state index contributed by atoms with van der Waals surface area (Å²) < 4.78 is 23.3. The lowest BCUT2D eigenvalue weighted by molar-refractivity contribution is -0.137. The third kappa shape index (κ3) is 4.26. The summed E-state index contributed by atoms with van der Waals surface area (Å²) in [6.07, 6.45) is 2.75. The van der Waals surface area contributed by atoms with Crippen molar-refractivity contribution in [1.82, 2.24) is 0 Å². The Balaban J connectivity index is 2.46. The van der Waals surface area contributed by atoms with Gasteiger partial charge in [-0.2, -0.15) is 0 Å². The highest BCUT2D eigenvalue weighted by molar-refractivity contribution is 5.81. The molecule has 0 aliphatic rings. The van der Waals surface area contributed by atoms with Crippen molar-refractivity contribution in [3.05, 3.63) is 41.7 Å². The van der Waals surface area contributed by atoms with Crippen LogP contribution < -0.4 is 4.74 Å². The molecule has 1 aromatic rings. The van der Waals surface area contributed by atoms with Crippen LogP contribution in [-0.2, 0) is 9.53 Å². The van der Waals surface area contributed by atoms with Crippen LogP contribution in [0.5, 0.6) is 5.75 Å². The monoisotopic (exact) mass is 238 g/mol. The zero-order valence-corrected chi connectivity index (χ0v) is 9.90. The molecular formula is C13H15FO3. The number of carbonyl (C=O) groups excluding carboxylic acids is 1. The van der Waals surface area contributed by atoms with Crippen molar-refractivity contribution in [2.45, 2.75) is 13.8 Å². The molecule has 17 heavy (non-hydrogen) atoms. The van der Waals surface area contributed by atoms with Gasteiger partial charge in [0.05, 0.1) is 6.61 Å². The highest BCUT2D eigenvalue weighted by Gasteiger charge is 2.04. The van der Waals surface area contributed by atoms with Gasteiger partial charge in [0.25, 0.3) is 0 Å². The lowest BCUT2D eigenvalue weighted by Crippen LogP contribution is -2.01. The fourth-order valence-electron chi connectivity index (χ4n) is 1.20. The van der Waals surface area contributed by atoms with Gasteiger partial charge >= 0.3 is 5.97 Å². The molecule has 0 aromatic heterocycles. The zero-order valence-electron chi connectivity index (χ0n) is 9.90. The van der Waals surface area contributed by atoms with E-state index in [1.165, 1.54) is 12.2 Å². The van der Waals surface area contributed by atoms with Crippen molar-refractivity contribution in [3.8, 4) is 5.75 Å². The molecule has 4 heteroatoms. The average molecular weight is 238 g/mol. The molecule has 0 spiro atoms. The van der Waals surface area contributed by atoms with E-state index < -0.39 is 5.97 Å². The van der Waals surface area contributed by atoms with Gasteiger partial charge in [-0.25, -0.2) is 9.18 Å². The molecule has 0 aliphatic heterocycles. The van der Waals surface area contributed by atoms with Gasteiger partial charge in [-0.05, 0) is 31.6 Å². The average Bonchev–Trinajstić information content (AvgIpc) is 2.30. The SMILES string of the molecule is CCOC(=O)/C=C/COc1cccc(C)c1F. The Morgan fingerprint density at radius 2 is 2.24 bits per heavy atom. The van der Waals surface area contributed by atoms with Crippen LogP contribution in [0, 0.1) is 12.7 Å². The normalized spacial score (nSPS) is 10.5. The van der Waals surface area contributed by atoms with Gasteiger partial charge in [-0.15, -0.1) is 0 Å². The Labute approximate surface area is 99.9 Å². The van der Waals surface area contributed by atoms with Crippen molar-refractivity contribution in [3.63, 3.8) is 0 Å². The summed E-state index contributed by atoms with van der Waals surface area (Å²) in [5.41, 5.74) is 0.525. The van der Waals surface area contributed by atoms with Crippen LogP contribution in [0.3, 0.4) is 0 Å². The minimum atomic E-state index is -0.430. The Bertz CT molecular complexity index is 413. The Morgan fingerprint density at radius 3 is 2.94 bits per heavy atom. The van der Waals surface area contributed by atoms with Crippen LogP contribution in [0.15, 0.2) is 30.4 Å². The first-order chi connectivity index (χ1) is 8.15. The number of aryl methyl sites for hydroxylation is 1. The molecule has 1 aromatic carbocycles. The second-order valence-corrected chi connectivity index (χ2v) is 3.35. The molecular weight excluding hydrogens is 223 g/mol. The maximum atomic E-state index is 13.5. The van der Waals surface area contributed by atoms with Crippen LogP contribution in [0.25, 0.3) is 0 Å². The number of hydrogen-bond donors (Lipinski definition) is 0. The number of benzene rings is 1. The summed E-state index contributed by atoms with van der Waals surface area (Å²) in [4.78, 5) is 10.9. The summed E-state index contributed by atoms with van der Waals surface area (Å²) >= 11 is 0. The maximum Gasteiger partial charge on any atom is 0.330 e. The molecule has 0 saturated carbocycles. The molecule has 0 heterocycles. The first kappa shape index (κ1) is 13.2. The first-order valence-corrected chi connectivity index (χ1v) is 5.36. The lowest BCUT2D eigenvalue weighted by Gasteiger charge is -2.05. The van der Waals surface area contributed by atoms with Crippen molar-refractivity contribution in [2.75, 3.05) is 13.2 Å². The second kappa shape index (κ2) is 6.68. The highest BCUT2D eigenvalue weighted by Crippen LogP contribution is 2.19. The van der Waals surface area contributed by atoms with Gasteiger partial charge in [0.15, 0.2) is 11.6 Å².